The summed E-state index contributed by atoms with van der Waals surface area (Å²) in [7, 11) is 0. The van der Waals surface area contributed by atoms with Crippen molar-refractivity contribution in [1.29, 1.82) is 0 Å². The van der Waals surface area contributed by atoms with E-state index in [0.717, 1.165) is 17.8 Å². The zero-order valence-electron chi connectivity index (χ0n) is 16.2. The highest BCUT2D eigenvalue weighted by molar-refractivity contribution is 7.80. The highest BCUT2D eigenvalue weighted by Crippen LogP contribution is 2.43. The molecule has 0 amide bonds. The number of benzene rings is 1. The van der Waals surface area contributed by atoms with E-state index in [1.54, 1.807) is 18.3 Å². The number of pyridine rings is 1. The molecule has 0 saturated carbocycles. The van der Waals surface area contributed by atoms with Crippen molar-refractivity contribution in [2.75, 3.05) is 4.90 Å². The fourth-order valence-electron chi connectivity index (χ4n) is 4.19. The van der Waals surface area contributed by atoms with Crippen LogP contribution in [0.5, 0.6) is 0 Å². The maximum atomic E-state index is 14.7. The van der Waals surface area contributed by atoms with E-state index in [2.05, 4.69) is 41.7 Å². The molecular formula is C22H23FN4S. The molecule has 0 spiro atoms. The molecule has 28 heavy (non-hydrogen) atoms. The van der Waals surface area contributed by atoms with Crippen molar-refractivity contribution in [3.8, 4) is 0 Å². The minimum absolute atomic E-state index is 0.167. The lowest BCUT2D eigenvalue weighted by atomic mass is 9.96. The summed E-state index contributed by atoms with van der Waals surface area (Å²) in [6.07, 6.45) is 1.78. The summed E-state index contributed by atoms with van der Waals surface area (Å²) in [5, 5.41) is 3.89. The van der Waals surface area contributed by atoms with Crippen LogP contribution in [0, 0.1) is 19.7 Å². The van der Waals surface area contributed by atoms with Gasteiger partial charge in [0.15, 0.2) is 5.11 Å². The predicted molar refractivity (Wildman–Crippen MR) is 114 cm³/mol. The summed E-state index contributed by atoms with van der Waals surface area (Å²) in [6.45, 7) is 7.23. The average molecular weight is 395 g/mol. The molecule has 1 fully saturated rings. The first-order valence-electron chi connectivity index (χ1n) is 9.44. The van der Waals surface area contributed by atoms with E-state index in [4.69, 9.17) is 12.2 Å². The normalized spacial score (nSPS) is 19.1. The second-order valence-electron chi connectivity index (χ2n) is 7.02. The van der Waals surface area contributed by atoms with Gasteiger partial charge < -0.3 is 14.8 Å². The average Bonchev–Trinajstić information content (AvgIpc) is 3.18. The summed E-state index contributed by atoms with van der Waals surface area (Å²) in [5.41, 5.74) is 4.84. The number of thiocarbonyl (C=S) groups is 1. The number of hydrogen-bond donors (Lipinski definition) is 1. The van der Waals surface area contributed by atoms with Gasteiger partial charge in [0.05, 0.1) is 23.5 Å². The lowest BCUT2D eigenvalue weighted by Gasteiger charge is -2.28. The Morgan fingerprint density at radius 2 is 1.89 bits per heavy atom. The molecule has 2 atom stereocenters. The Kier molecular flexibility index (Phi) is 4.89. The largest absolute Gasteiger partial charge is 0.351 e. The van der Waals surface area contributed by atoms with Crippen LogP contribution in [-0.2, 0) is 6.54 Å². The third kappa shape index (κ3) is 2.98. The first-order chi connectivity index (χ1) is 13.5. The van der Waals surface area contributed by atoms with Gasteiger partial charge in [0.25, 0.3) is 0 Å². The van der Waals surface area contributed by atoms with E-state index in [9.17, 15) is 4.39 Å². The summed E-state index contributed by atoms with van der Waals surface area (Å²) < 4.78 is 17.0. The minimum atomic E-state index is -0.289. The molecular weight excluding hydrogens is 371 g/mol. The van der Waals surface area contributed by atoms with Crippen LogP contribution in [0.15, 0.2) is 54.7 Å². The quantitative estimate of drug-likeness (QED) is 0.642. The van der Waals surface area contributed by atoms with Crippen molar-refractivity contribution >= 4 is 23.0 Å². The van der Waals surface area contributed by atoms with Crippen LogP contribution in [0.25, 0.3) is 0 Å². The second kappa shape index (κ2) is 7.36. The first kappa shape index (κ1) is 18.6. The Balaban J connectivity index is 1.91. The minimum Gasteiger partial charge on any atom is -0.351 e. The van der Waals surface area contributed by atoms with Crippen LogP contribution in [0.1, 0.15) is 41.7 Å². The van der Waals surface area contributed by atoms with Crippen LogP contribution >= 0.6 is 12.2 Å². The zero-order chi connectivity index (χ0) is 19.8. The van der Waals surface area contributed by atoms with E-state index in [0.29, 0.717) is 10.8 Å². The van der Waals surface area contributed by atoms with Gasteiger partial charge in [-0.3, -0.25) is 4.98 Å². The Labute approximate surface area is 170 Å². The van der Waals surface area contributed by atoms with E-state index < -0.39 is 0 Å². The number of aromatic nitrogens is 2. The summed E-state index contributed by atoms with van der Waals surface area (Å²) in [5.74, 6) is -0.289. The summed E-state index contributed by atoms with van der Waals surface area (Å²) in [6, 6.07) is 14.4. The smallest absolute Gasteiger partial charge is 0.174 e. The Hall–Kier alpha value is -2.73. The predicted octanol–water partition coefficient (Wildman–Crippen LogP) is 4.84. The number of hydrogen-bond acceptors (Lipinski definition) is 2. The van der Waals surface area contributed by atoms with Crippen LogP contribution in [0.2, 0.25) is 0 Å². The molecule has 3 heterocycles. The Morgan fingerprint density at radius 1 is 1.14 bits per heavy atom. The van der Waals surface area contributed by atoms with Crippen LogP contribution in [0.3, 0.4) is 0 Å². The molecule has 1 aliphatic rings. The molecule has 1 N–H and O–H groups in total. The van der Waals surface area contributed by atoms with Crippen molar-refractivity contribution in [3.63, 3.8) is 0 Å². The van der Waals surface area contributed by atoms with Gasteiger partial charge >= 0.3 is 0 Å². The number of nitrogens with zero attached hydrogens (tertiary/aromatic N) is 3. The van der Waals surface area contributed by atoms with Crippen LogP contribution in [0.4, 0.5) is 10.1 Å². The molecule has 0 unspecified atom stereocenters. The number of halogens is 1. The SMILES string of the molecule is CCn1c(C)cc([C@@H]2[C@H](c3ccccn3)NC(=S)N2c2ccccc2F)c1C. The second-order valence-corrected chi connectivity index (χ2v) is 7.41. The Morgan fingerprint density at radius 3 is 2.54 bits per heavy atom. The molecule has 1 aromatic carbocycles. The number of rotatable bonds is 4. The number of anilines is 1. The van der Waals surface area contributed by atoms with E-state index in [1.807, 2.05) is 29.2 Å². The molecule has 0 radical (unpaired) electrons. The van der Waals surface area contributed by atoms with Gasteiger partial charge in [0.1, 0.15) is 5.82 Å². The van der Waals surface area contributed by atoms with Gasteiger partial charge in [-0.05, 0) is 68.9 Å². The lowest BCUT2D eigenvalue weighted by Crippen LogP contribution is -2.30. The van der Waals surface area contributed by atoms with Crippen molar-refractivity contribution in [1.82, 2.24) is 14.9 Å². The number of aryl methyl sites for hydroxylation is 1. The monoisotopic (exact) mass is 394 g/mol. The molecule has 4 nitrogen and oxygen atoms in total. The standard InChI is InChI=1S/C22H23FN4S/c1-4-26-14(2)13-16(15(26)3)21-20(18-10-7-8-12-24-18)25-22(28)27(21)19-11-6-5-9-17(19)23/h5-13,20-21H,4H2,1-3H3,(H,25,28)/t20-,21+/m0/s1. The number of para-hydroxylation sites is 1. The molecule has 0 aliphatic carbocycles. The van der Waals surface area contributed by atoms with Crippen molar-refractivity contribution in [2.24, 2.45) is 0 Å². The van der Waals surface area contributed by atoms with Crippen molar-refractivity contribution in [3.05, 3.63) is 83.2 Å². The lowest BCUT2D eigenvalue weighted by molar-refractivity contribution is 0.554. The first-order valence-corrected chi connectivity index (χ1v) is 9.85. The fourth-order valence-corrected chi connectivity index (χ4v) is 4.53. The fraction of sp³-hybridized carbons (Fsp3) is 0.273. The molecule has 0 bridgehead atoms. The van der Waals surface area contributed by atoms with Gasteiger partial charge in [-0.25, -0.2) is 4.39 Å². The molecule has 4 rings (SSSR count). The van der Waals surface area contributed by atoms with E-state index in [1.165, 1.54) is 17.5 Å². The molecule has 6 heteroatoms. The molecule has 2 aromatic heterocycles. The molecule has 144 valence electrons. The molecule has 3 aromatic rings. The van der Waals surface area contributed by atoms with Crippen molar-refractivity contribution < 1.29 is 4.39 Å². The number of nitrogens with one attached hydrogen (secondary N) is 1. The third-order valence-corrected chi connectivity index (χ3v) is 5.77. The Bertz CT molecular complexity index is 1010. The topological polar surface area (TPSA) is 33.1 Å². The van der Waals surface area contributed by atoms with Gasteiger partial charge in [0.2, 0.25) is 0 Å². The van der Waals surface area contributed by atoms with Gasteiger partial charge in [0, 0.05) is 24.1 Å². The zero-order valence-corrected chi connectivity index (χ0v) is 17.0. The molecule has 1 saturated heterocycles. The van der Waals surface area contributed by atoms with Gasteiger partial charge in [-0.15, -0.1) is 0 Å². The summed E-state index contributed by atoms with van der Waals surface area (Å²) >= 11 is 5.66. The maximum Gasteiger partial charge on any atom is 0.174 e. The van der Waals surface area contributed by atoms with Gasteiger partial charge in [-0.1, -0.05) is 18.2 Å². The van der Waals surface area contributed by atoms with Crippen LogP contribution < -0.4 is 10.2 Å². The van der Waals surface area contributed by atoms with Crippen molar-refractivity contribution in [2.45, 2.75) is 39.4 Å². The third-order valence-electron chi connectivity index (χ3n) is 5.46. The maximum absolute atomic E-state index is 14.7. The highest BCUT2D eigenvalue weighted by atomic mass is 32.1. The summed E-state index contributed by atoms with van der Waals surface area (Å²) in [4.78, 5) is 6.45. The van der Waals surface area contributed by atoms with E-state index in [-0.39, 0.29) is 17.9 Å². The van der Waals surface area contributed by atoms with Crippen LogP contribution in [-0.4, -0.2) is 14.7 Å². The van der Waals surface area contributed by atoms with E-state index >= 15 is 0 Å². The highest BCUT2D eigenvalue weighted by Gasteiger charge is 2.42. The molecule has 1 aliphatic heterocycles. The van der Waals surface area contributed by atoms with Gasteiger partial charge in [-0.2, -0.15) is 0 Å².